The summed E-state index contributed by atoms with van der Waals surface area (Å²) in [6.07, 6.45) is -2.20. The molecule has 36 heavy (non-hydrogen) atoms. The van der Waals surface area contributed by atoms with Crippen molar-refractivity contribution < 1.29 is 33.7 Å². The van der Waals surface area contributed by atoms with Crippen molar-refractivity contribution in [1.82, 2.24) is 0 Å². The molecule has 0 saturated heterocycles. The maximum absolute atomic E-state index is 12.9. The molecule has 188 valence electrons. The number of esters is 1. The molecule has 9 heteroatoms. The lowest BCUT2D eigenvalue weighted by Crippen LogP contribution is -2.32. The molecule has 0 radical (unpaired) electrons. The molecule has 3 aromatic rings. The molecule has 0 aliphatic rings. The molecule has 0 spiro atoms. The van der Waals surface area contributed by atoms with E-state index in [2.05, 4.69) is 17.9 Å². The van der Waals surface area contributed by atoms with E-state index in [1.54, 1.807) is 60.7 Å². The van der Waals surface area contributed by atoms with Gasteiger partial charge in [0.2, 0.25) is 0 Å². The predicted molar refractivity (Wildman–Crippen MR) is 138 cm³/mol. The molecule has 3 rings (SSSR count). The predicted octanol–water partition coefficient (Wildman–Crippen LogP) is 5.20. The second-order valence-corrected chi connectivity index (χ2v) is 8.13. The van der Waals surface area contributed by atoms with Gasteiger partial charge in [-0.3, -0.25) is 14.9 Å². The van der Waals surface area contributed by atoms with E-state index >= 15 is 0 Å². The summed E-state index contributed by atoms with van der Waals surface area (Å²) in [7, 11) is 0. The van der Waals surface area contributed by atoms with E-state index in [4.69, 9.17) is 14.2 Å². The van der Waals surface area contributed by atoms with Gasteiger partial charge in [-0.2, -0.15) is 12.6 Å². The first-order valence-electron chi connectivity index (χ1n) is 11.2. The highest BCUT2D eigenvalue weighted by atomic mass is 32.1. The van der Waals surface area contributed by atoms with Crippen LogP contribution in [-0.4, -0.2) is 41.4 Å². The summed E-state index contributed by atoms with van der Waals surface area (Å²) in [6.45, 7) is 1.47. The van der Waals surface area contributed by atoms with Crippen LogP contribution in [0, 0.1) is 0 Å². The largest absolute Gasteiger partial charge is 0.508 e. The van der Waals surface area contributed by atoms with Gasteiger partial charge in [-0.25, -0.2) is 4.79 Å². The standard InChI is InChI=1S/C27H27NO7S/c1-18(29)19-7-11-21(12-8-19)28-27(32)35-26(20-9-13-22(30)14-10-20)24(15-16-33-25(31)17-36)34-23-5-3-2-4-6-23/h2-14,24,26,30,36H,15-17H2,1H3,(H,28,32)/t24-,26-/m0/s1. The maximum atomic E-state index is 12.9. The van der Waals surface area contributed by atoms with Crippen LogP contribution in [0.15, 0.2) is 78.9 Å². The summed E-state index contributed by atoms with van der Waals surface area (Å²) < 4.78 is 17.1. The van der Waals surface area contributed by atoms with Gasteiger partial charge < -0.3 is 19.3 Å². The van der Waals surface area contributed by atoms with Crippen molar-refractivity contribution in [3.63, 3.8) is 0 Å². The molecule has 0 saturated carbocycles. The zero-order chi connectivity index (χ0) is 25.9. The number of thiol groups is 1. The number of amides is 1. The summed E-state index contributed by atoms with van der Waals surface area (Å²) in [6, 6.07) is 21.6. The zero-order valence-corrected chi connectivity index (χ0v) is 20.5. The molecule has 2 atom stereocenters. The third-order valence-electron chi connectivity index (χ3n) is 5.16. The number of anilines is 1. The molecular formula is C27H27NO7S. The van der Waals surface area contributed by atoms with Crippen LogP contribution in [0.2, 0.25) is 0 Å². The minimum absolute atomic E-state index is 0.0168. The third-order valence-corrected chi connectivity index (χ3v) is 5.41. The number of benzene rings is 3. The van der Waals surface area contributed by atoms with Gasteiger partial charge in [0, 0.05) is 17.7 Å². The fraction of sp³-hybridized carbons (Fsp3) is 0.222. The number of para-hydroxylation sites is 1. The van der Waals surface area contributed by atoms with E-state index in [1.807, 2.05) is 6.07 Å². The molecule has 0 heterocycles. The first-order valence-corrected chi connectivity index (χ1v) is 11.8. The number of hydrogen-bond donors (Lipinski definition) is 3. The van der Waals surface area contributed by atoms with Crippen LogP contribution in [0.3, 0.4) is 0 Å². The average molecular weight is 510 g/mol. The van der Waals surface area contributed by atoms with Gasteiger partial charge in [0.05, 0.1) is 12.4 Å². The van der Waals surface area contributed by atoms with Crippen LogP contribution in [0.25, 0.3) is 0 Å². The Kier molecular flexibility index (Phi) is 9.76. The number of carbonyl (C=O) groups excluding carboxylic acids is 3. The molecule has 3 aromatic carbocycles. The van der Waals surface area contributed by atoms with Crippen molar-refractivity contribution in [1.29, 1.82) is 0 Å². The summed E-state index contributed by atoms with van der Waals surface area (Å²) >= 11 is 3.91. The van der Waals surface area contributed by atoms with Crippen LogP contribution >= 0.6 is 12.6 Å². The normalized spacial score (nSPS) is 12.2. The van der Waals surface area contributed by atoms with Gasteiger partial charge in [-0.15, -0.1) is 0 Å². The molecule has 0 aliphatic carbocycles. The van der Waals surface area contributed by atoms with Crippen LogP contribution in [-0.2, 0) is 14.3 Å². The molecule has 0 aromatic heterocycles. The third kappa shape index (κ3) is 8.06. The van der Waals surface area contributed by atoms with Crippen LogP contribution in [0.1, 0.15) is 35.4 Å². The first-order chi connectivity index (χ1) is 17.4. The summed E-state index contributed by atoms with van der Waals surface area (Å²) in [5.74, 6) is -0.0412. The zero-order valence-electron chi connectivity index (χ0n) is 19.6. The van der Waals surface area contributed by atoms with Crippen molar-refractivity contribution in [2.24, 2.45) is 0 Å². The van der Waals surface area contributed by atoms with Crippen molar-refractivity contribution in [2.75, 3.05) is 17.7 Å². The monoisotopic (exact) mass is 509 g/mol. The smallest absolute Gasteiger partial charge is 0.412 e. The number of Topliss-reactive ketones (excluding diaryl/α,β-unsaturated/α-hetero) is 1. The highest BCUT2D eigenvalue weighted by Crippen LogP contribution is 2.29. The Hall–Kier alpha value is -3.98. The van der Waals surface area contributed by atoms with Crippen LogP contribution < -0.4 is 10.1 Å². The van der Waals surface area contributed by atoms with Gasteiger partial charge in [0.1, 0.15) is 17.6 Å². The lowest BCUT2D eigenvalue weighted by molar-refractivity contribution is -0.141. The molecule has 0 bridgehead atoms. The van der Waals surface area contributed by atoms with Gasteiger partial charge >= 0.3 is 12.1 Å². The number of nitrogens with one attached hydrogen (secondary N) is 1. The van der Waals surface area contributed by atoms with E-state index in [9.17, 15) is 19.5 Å². The van der Waals surface area contributed by atoms with Gasteiger partial charge in [-0.05, 0) is 61.0 Å². The quantitative estimate of drug-likeness (QED) is 0.185. The number of carbonyl (C=O) groups is 3. The lowest BCUT2D eigenvalue weighted by atomic mass is 10.0. The molecule has 0 fully saturated rings. The number of phenols is 1. The number of rotatable bonds is 11. The van der Waals surface area contributed by atoms with E-state index in [0.29, 0.717) is 22.6 Å². The topological polar surface area (TPSA) is 111 Å². The SMILES string of the molecule is CC(=O)c1ccc(NC(=O)O[C@@H](c2ccc(O)cc2)[C@H](CCOC(=O)CS)Oc2ccccc2)cc1. The fourth-order valence-corrected chi connectivity index (χ4v) is 3.45. The second-order valence-electron chi connectivity index (χ2n) is 7.81. The highest BCUT2D eigenvalue weighted by molar-refractivity contribution is 7.81. The Balaban J connectivity index is 1.84. The average Bonchev–Trinajstić information content (AvgIpc) is 2.88. The van der Waals surface area contributed by atoms with Gasteiger partial charge in [0.15, 0.2) is 11.9 Å². The lowest BCUT2D eigenvalue weighted by Gasteiger charge is -2.28. The number of phenolic OH excluding ortho intramolecular Hbond substituents is 1. The minimum Gasteiger partial charge on any atom is -0.508 e. The Morgan fingerprint density at radius 3 is 2.22 bits per heavy atom. The Bertz CT molecular complexity index is 1150. The number of ketones is 1. The van der Waals surface area contributed by atoms with Crippen molar-refractivity contribution in [3.8, 4) is 11.5 Å². The van der Waals surface area contributed by atoms with E-state index in [0.717, 1.165) is 0 Å². The molecule has 2 N–H and O–H groups in total. The Morgan fingerprint density at radius 1 is 0.944 bits per heavy atom. The molecule has 8 nitrogen and oxygen atoms in total. The molecule has 1 amide bonds. The van der Waals surface area contributed by atoms with Crippen LogP contribution in [0.4, 0.5) is 10.5 Å². The van der Waals surface area contributed by atoms with Gasteiger partial charge in [0.25, 0.3) is 0 Å². The molecule has 0 aliphatic heterocycles. The van der Waals surface area contributed by atoms with Crippen molar-refractivity contribution in [3.05, 3.63) is 90.0 Å². The van der Waals surface area contributed by atoms with Crippen molar-refractivity contribution >= 4 is 36.2 Å². The number of hydrogen-bond acceptors (Lipinski definition) is 8. The summed E-state index contributed by atoms with van der Waals surface area (Å²) in [4.78, 5) is 36.0. The fourth-order valence-electron chi connectivity index (χ4n) is 3.35. The van der Waals surface area contributed by atoms with Crippen molar-refractivity contribution in [2.45, 2.75) is 25.6 Å². The Labute approximate surface area is 214 Å². The summed E-state index contributed by atoms with van der Waals surface area (Å²) in [5.41, 5.74) is 1.52. The molecule has 0 unspecified atom stereocenters. The summed E-state index contributed by atoms with van der Waals surface area (Å²) in [5, 5.41) is 12.4. The first kappa shape index (κ1) is 26.6. The van der Waals surface area contributed by atoms with Crippen LogP contribution in [0.5, 0.6) is 11.5 Å². The number of ether oxygens (including phenoxy) is 3. The second kappa shape index (κ2) is 13.2. The van der Waals surface area contributed by atoms with E-state index in [-0.39, 0.29) is 30.3 Å². The van der Waals surface area contributed by atoms with E-state index < -0.39 is 24.3 Å². The minimum atomic E-state index is -0.919. The van der Waals surface area contributed by atoms with E-state index in [1.165, 1.54) is 19.1 Å². The maximum Gasteiger partial charge on any atom is 0.412 e. The number of aromatic hydroxyl groups is 1. The molecular weight excluding hydrogens is 482 g/mol. The highest BCUT2D eigenvalue weighted by Gasteiger charge is 2.30. The Morgan fingerprint density at radius 2 is 1.61 bits per heavy atom. The van der Waals surface area contributed by atoms with Gasteiger partial charge in [-0.1, -0.05) is 30.3 Å².